The number of carbonyl (C=O) groups is 1. The topological polar surface area (TPSA) is 104 Å². The van der Waals surface area contributed by atoms with Gasteiger partial charge in [-0.1, -0.05) is 50.5 Å². The van der Waals surface area contributed by atoms with Crippen LogP contribution in [0.25, 0.3) is 0 Å². The monoisotopic (exact) mass is 467 g/mol. The van der Waals surface area contributed by atoms with Gasteiger partial charge in [0.15, 0.2) is 5.69 Å². The molecule has 1 aromatic carbocycles. The molecule has 1 aromatic heterocycles. The zero-order chi connectivity index (χ0) is 24.2. The number of anilines is 2. The van der Waals surface area contributed by atoms with Gasteiger partial charge in [0.2, 0.25) is 5.91 Å². The molecule has 0 spiro atoms. The molecule has 0 aliphatic heterocycles. The lowest BCUT2D eigenvalue weighted by molar-refractivity contribution is -0.120. The fourth-order valence-corrected chi connectivity index (χ4v) is 5.61. The highest BCUT2D eigenvalue weighted by Crippen LogP contribution is 2.34. The number of nitrogens with two attached hydrogens (primary N) is 1. The molecule has 2 aliphatic rings. The molecule has 2 aliphatic carbocycles. The number of aromatic amines is 1. The fourth-order valence-electron chi connectivity index (χ4n) is 5.61. The Bertz CT molecular complexity index is 1130. The number of nitrogen functional groups attached to an aromatic ring is 1. The number of fused-ring (bicyclic) bond motifs is 1. The van der Waals surface area contributed by atoms with Gasteiger partial charge in [-0.05, 0) is 56.7 Å². The van der Waals surface area contributed by atoms with Crippen LogP contribution < -0.4 is 21.9 Å². The van der Waals surface area contributed by atoms with Crippen molar-refractivity contribution in [3.8, 4) is 0 Å². The number of amides is 1. The Morgan fingerprint density at radius 1 is 1.15 bits per heavy atom. The van der Waals surface area contributed by atoms with E-state index >= 15 is 0 Å². The maximum Gasteiger partial charge on any atom is 0.330 e. The smallest absolute Gasteiger partial charge is 0.330 e. The van der Waals surface area contributed by atoms with E-state index in [2.05, 4.69) is 34.1 Å². The lowest BCUT2D eigenvalue weighted by Gasteiger charge is -2.36. The van der Waals surface area contributed by atoms with Crippen LogP contribution in [-0.4, -0.2) is 40.0 Å². The largest absolute Gasteiger partial charge is 0.383 e. The highest BCUT2D eigenvalue weighted by Gasteiger charge is 2.34. The first-order valence-corrected chi connectivity index (χ1v) is 12.6. The third-order valence-electron chi connectivity index (χ3n) is 7.40. The van der Waals surface area contributed by atoms with Gasteiger partial charge in [0.25, 0.3) is 5.56 Å². The second-order valence-corrected chi connectivity index (χ2v) is 9.72. The van der Waals surface area contributed by atoms with Crippen LogP contribution in [0.1, 0.15) is 75.5 Å². The molecule has 1 fully saturated rings. The van der Waals surface area contributed by atoms with Crippen molar-refractivity contribution in [3.05, 3.63) is 56.2 Å². The van der Waals surface area contributed by atoms with Gasteiger partial charge in [-0.3, -0.25) is 24.0 Å². The van der Waals surface area contributed by atoms with Crippen molar-refractivity contribution in [1.29, 1.82) is 0 Å². The molecule has 1 atom stereocenters. The zero-order valence-corrected chi connectivity index (χ0v) is 20.4. The Kier molecular flexibility index (Phi) is 7.56. The molecule has 1 amide bonds. The first-order valence-electron chi connectivity index (χ1n) is 12.6. The van der Waals surface area contributed by atoms with Crippen molar-refractivity contribution in [2.75, 3.05) is 24.2 Å². The molecule has 0 unspecified atom stereocenters. The summed E-state index contributed by atoms with van der Waals surface area (Å²) in [6.07, 6.45) is 8.46. The minimum Gasteiger partial charge on any atom is -0.383 e. The van der Waals surface area contributed by atoms with E-state index in [9.17, 15) is 14.4 Å². The van der Waals surface area contributed by atoms with Crippen molar-refractivity contribution < 1.29 is 4.79 Å². The van der Waals surface area contributed by atoms with Gasteiger partial charge in [0, 0.05) is 18.6 Å². The minimum atomic E-state index is -0.582. The number of carbonyl (C=O) groups excluding carboxylic acids is 1. The molecule has 8 nitrogen and oxygen atoms in total. The summed E-state index contributed by atoms with van der Waals surface area (Å²) in [4.78, 5) is 45.3. The number of H-pyrrole nitrogens is 1. The number of likely N-dealkylation sites (N-methyl/N-ethyl adjacent to an activating group) is 1. The van der Waals surface area contributed by atoms with Gasteiger partial charge >= 0.3 is 5.69 Å². The molecule has 8 heteroatoms. The predicted octanol–water partition coefficient (Wildman–Crippen LogP) is 3.20. The number of hydrogen-bond acceptors (Lipinski definition) is 5. The van der Waals surface area contributed by atoms with Crippen LogP contribution in [0, 0.1) is 0 Å². The Morgan fingerprint density at radius 3 is 2.62 bits per heavy atom. The second-order valence-electron chi connectivity index (χ2n) is 9.72. The number of unbranched alkanes of at least 4 members (excludes halogenated alkanes) is 1. The minimum absolute atomic E-state index is 0.0833. The third kappa shape index (κ3) is 4.82. The highest BCUT2D eigenvalue weighted by molar-refractivity contribution is 5.97. The van der Waals surface area contributed by atoms with Crippen molar-refractivity contribution >= 4 is 17.4 Å². The highest BCUT2D eigenvalue weighted by atomic mass is 16.2. The van der Waals surface area contributed by atoms with Crippen molar-refractivity contribution in [2.45, 2.75) is 83.3 Å². The summed E-state index contributed by atoms with van der Waals surface area (Å²) in [5.74, 6) is -0.0524. The van der Waals surface area contributed by atoms with Gasteiger partial charge in [-0.2, -0.15) is 0 Å². The summed E-state index contributed by atoms with van der Waals surface area (Å²) in [5.41, 5.74) is 8.05. The summed E-state index contributed by atoms with van der Waals surface area (Å²) >= 11 is 0. The number of nitrogens with one attached hydrogen (secondary N) is 1. The third-order valence-corrected chi connectivity index (χ3v) is 7.40. The summed E-state index contributed by atoms with van der Waals surface area (Å²) < 4.78 is 1.40. The Morgan fingerprint density at radius 2 is 1.88 bits per heavy atom. The van der Waals surface area contributed by atoms with Crippen LogP contribution in [0.5, 0.6) is 0 Å². The molecule has 0 bridgehead atoms. The first-order chi connectivity index (χ1) is 16.4. The van der Waals surface area contributed by atoms with Crippen molar-refractivity contribution in [1.82, 2.24) is 14.5 Å². The number of nitrogens with zero attached hydrogens (tertiary/aromatic N) is 3. The standard InChI is InChI=1S/C26H37N5O3/c1-3-4-16-30-24(27)23(25(33)28-26(30)34)31(19-12-6-7-13-19)22(32)17-29(2)21-15-9-11-18-10-5-8-14-20(18)21/h5,8,10,14,19,21H,3-4,6-7,9,11-13,15-17,27H2,1-2H3,(H,28,33,34)/t21-/m1/s1. The molecule has 3 N–H and O–H groups in total. The maximum absolute atomic E-state index is 13.8. The summed E-state index contributed by atoms with van der Waals surface area (Å²) in [6, 6.07) is 8.52. The average molecular weight is 468 g/mol. The van der Waals surface area contributed by atoms with E-state index in [1.54, 1.807) is 4.90 Å². The molecule has 1 heterocycles. The van der Waals surface area contributed by atoms with Crippen LogP contribution in [0.2, 0.25) is 0 Å². The first kappa shape index (κ1) is 24.3. The van der Waals surface area contributed by atoms with Crippen LogP contribution in [0.3, 0.4) is 0 Å². The number of benzene rings is 1. The molecular formula is C26H37N5O3. The van der Waals surface area contributed by atoms with Gasteiger partial charge in [0.1, 0.15) is 5.82 Å². The van der Waals surface area contributed by atoms with Crippen LogP contribution in [-0.2, 0) is 17.8 Å². The second kappa shape index (κ2) is 10.6. The van der Waals surface area contributed by atoms with Crippen molar-refractivity contribution in [3.63, 3.8) is 0 Å². The molecule has 0 radical (unpaired) electrons. The number of aromatic nitrogens is 2. The normalized spacial score (nSPS) is 18.3. The van der Waals surface area contributed by atoms with Gasteiger partial charge in [0.05, 0.1) is 6.54 Å². The van der Waals surface area contributed by atoms with E-state index in [-0.39, 0.29) is 36.0 Å². The van der Waals surface area contributed by atoms with E-state index in [0.717, 1.165) is 57.8 Å². The Labute approximate surface area is 200 Å². The van der Waals surface area contributed by atoms with E-state index < -0.39 is 11.2 Å². The summed E-state index contributed by atoms with van der Waals surface area (Å²) in [6.45, 7) is 2.63. The fraction of sp³-hybridized carbons (Fsp3) is 0.577. The van der Waals surface area contributed by atoms with E-state index in [0.29, 0.717) is 6.54 Å². The Hall–Kier alpha value is -2.87. The molecule has 34 heavy (non-hydrogen) atoms. The van der Waals surface area contributed by atoms with E-state index in [1.807, 2.05) is 14.0 Å². The number of aryl methyl sites for hydroxylation is 1. The average Bonchev–Trinajstić information content (AvgIpc) is 3.35. The van der Waals surface area contributed by atoms with Crippen LogP contribution in [0.4, 0.5) is 11.5 Å². The molecule has 184 valence electrons. The van der Waals surface area contributed by atoms with Gasteiger partial charge in [-0.25, -0.2) is 4.79 Å². The predicted molar refractivity (Wildman–Crippen MR) is 135 cm³/mol. The lowest BCUT2D eigenvalue weighted by Crippen LogP contribution is -2.49. The summed E-state index contributed by atoms with van der Waals surface area (Å²) in [5, 5.41) is 0. The SMILES string of the molecule is CCCCn1c(N)c(N(C(=O)CN(C)[C@@H]2CCCc3ccccc32)C2CCCC2)c(=O)[nH]c1=O. The quantitative estimate of drug-likeness (QED) is 0.620. The van der Waals surface area contributed by atoms with Gasteiger partial charge in [-0.15, -0.1) is 0 Å². The Balaban J connectivity index is 1.66. The molecular weight excluding hydrogens is 430 g/mol. The van der Waals surface area contributed by atoms with Crippen molar-refractivity contribution in [2.24, 2.45) is 0 Å². The number of hydrogen-bond donors (Lipinski definition) is 2. The number of rotatable bonds is 8. The maximum atomic E-state index is 13.8. The zero-order valence-electron chi connectivity index (χ0n) is 20.4. The van der Waals surface area contributed by atoms with E-state index in [1.165, 1.54) is 15.7 Å². The molecule has 0 saturated heterocycles. The van der Waals surface area contributed by atoms with Gasteiger partial charge < -0.3 is 10.6 Å². The van der Waals surface area contributed by atoms with Crippen LogP contribution in [0.15, 0.2) is 33.9 Å². The summed E-state index contributed by atoms with van der Waals surface area (Å²) in [7, 11) is 1.98. The van der Waals surface area contributed by atoms with E-state index in [4.69, 9.17) is 5.73 Å². The van der Waals surface area contributed by atoms with Crippen LogP contribution >= 0.6 is 0 Å². The lowest BCUT2D eigenvalue weighted by atomic mass is 9.87. The molecule has 4 rings (SSSR count). The molecule has 1 saturated carbocycles. The molecule has 2 aromatic rings.